The normalized spacial score (nSPS) is 18.3. The molecule has 21 heavy (non-hydrogen) atoms. The molecule has 0 radical (unpaired) electrons. The van der Waals surface area contributed by atoms with Crippen LogP contribution in [0.15, 0.2) is 0 Å². The van der Waals surface area contributed by atoms with Crippen molar-refractivity contribution < 1.29 is 29.3 Å². The van der Waals surface area contributed by atoms with Crippen LogP contribution < -0.4 is 0 Å². The van der Waals surface area contributed by atoms with E-state index >= 15 is 0 Å². The van der Waals surface area contributed by atoms with E-state index in [1.54, 1.807) is 6.92 Å². The smallest absolute Gasteiger partial charge is 0.126 e. The average Bonchev–Trinajstić information content (AvgIpc) is 2.31. The molecule has 0 aromatic rings. The summed E-state index contributed by atoms with van der Waals surface area (Å²) in [6.45, 7) is 4.82. The monoisotopic (exact) mass is 308 g/mol. The van der Waals surface area contributed by atoms with Crippen LogP contribution in [0.1, 0.15) is 26.7 Å². The Morgan fingerprint density at radius 2 is 1.52 bits per heavy atom. The van der Waals surface area contributed by atoms with Gasteiger partial charge in [-0.15, -0.1) is 0 Å². The Morgan fingerprint density at radius 3 is 2.00 bits per heavy atom. The second kappa shape index (κ2) is 10.5. The van der Waals surface area contributed by atoms with E-state index in [0.29, 0.717) is 17.4 Å². The molecular weight excluding hydrogens is 274 g/mol. The molecule has 0 spiro atoms. The van der Waals surface area contributed by atoms with E-state index < -0.39 is 18.3 Å². The fourth-order valence-electron chi connectivity index (χ4n) is 2.05. The maximum Gasteiger partial charge on any atom is 0.126 e. The first-order valence-electron chi connectivity index (χ1n) is 7.68. The number of hydrogen-bond acceptors (Lipinski definition) is 5. The molecule has 4 atom stereocenters. The summed E-state index contributed by atoms with van der Waals surface area (Å²) < 4.78 is 11.5. The number of aliphatic hydroxyl groups is 3. The van der Waals surface area contributed by atoms with Crippen LogP contribution in [0.2, 0.25) is 0 Å². The van der Waals surface area contributed by atoms with Crippen LogP contribution in [0.3, 0.4) is 0 Å². The van der Waals surface area contributed by atoms with Gasteiger partial charge in [-0.1, -0.05) is 6.92 Å². The highest BCUT2D eigenvalue weighted by molar-refractivity contribution is 4.62. The molecule has 6 nitrogen and oxygen atoms in total. The zero-order valence-corrected chi connectivity index (χ0v) is 14.2. The van der Waals surface area contributed by atoms with Gasteiger partial charge < -0.3 is 29.3 Å². The molecule has 0 aromatic heterocycles. The van der Waals surface area contributed by atoms with Crippen LogP contribution in [0.4, 0.5) is 0 Å². The zero-order valence-electron chi connectivity index (χ0n) is 14.2. The molecule has 4 unspecified atom stereocenters. The highest BCUT2D eigenvalue weighted by atomic mass is 16.5. The van der Waals surface area contributed by atoms with Crippen molar-refractivity contribution in [1.82, 2.24) is 0 Å². The number of hydrogen-bond donors (Lipinski definition) is 3. The quantitative estimate of drug-likeness (QED) is 0.442. The summed E-state index contributed by atoms with van der Waals surface area (Å²) in [7, 11) is 6.00. The van der Waals surface area contributed by atoms with Crippen molar-refractivity contribution in [3.05, 3.63) is 0 Å². The van der Waals surface area contributed by atoms with E-state index in [1.807, 2.05) is 28.1 Å². The summed E-state index contributed by atoms with van der Waals surface area (Å²) in [6.07, 6.45) is -0.369. The maximum atomic E-state index is 9.78. The van der Waals surface area contributed by atoms with Gasteiger partial charge in [0.2, 0.25) is 0 Å². The molecule has 0 aliphatic heterocycles. The van der Waals surface area contributed by atoms with Gasteiger partial charge in [-0.3, -0.25) is 0 Å². The van der Waals surface area contributed by atoms with Gasteiger partial charge in [0.05, 0.1) is 53.2 Å². The van der Waals surface area contributed by atoms with Crippen molar-refractivity contribution >= 4 is 0 Å². The lowest BCUT2D eigenvalue weighted by Gasteiger charge is -2.26. The molecule has 6 heteroatoms. The van der Waals surface area contributed by atoms with Crippen LogP contribution in [0, 0.1) is 0 Å². The largest absolute Gasteiger partial charge is 0.393 e. The highest BCUT2D eigenvalue weighted by Gasteiger charge is 2.17. The van der Waals surface area contributed by atoms with E-state index in [-0.39, 0.29) is 25.9 Å². The molecule has 0 aromatic carbocycles. The van der Waals surface area contributed by atoms with Crippen molar-refractivity contribution in [1.29, 1.82) is 0 Å². The SMILES string of the molecule is CCC(CC(C)O)OCC(O)COCC(O)C[N+](C)(C)C. The summed E-state index contributed by atoms with van der Waals surface area (Å²) in [4.78, 5) is 0. The Labute approximate surface area is 128 Å². The molecule has 0 heterocycles. The first-order chi connectivity index (χ1) is 9.64. The fourth-order valence-corrected chi connectivity index (χ4v) is 2.05. The van der Waals surface area contributed by atoms with E-state index in [2.05, 4.69) is 0 Å². The minimum absolute atomic E-state index is 0.0524. The summed E-state index contributed by atoms with van der Waals surface area (Å²) in [6, 6.07) is 0. The van der Waals surface area contributed by atoms with Crippen molar-refractivity contribution in [2.75, 3.05) is 47.5 Å². The Hall–Kier alpha value is -0.240. The van der Waals surface area contributed by atoms with Gasteiger partial charge >= 0.3 is 0 Å². The number of nitrogens with zero attached hydrogens (tertiary/aromatic N) is 1. The minimum Gasteiger partial charge on any atom is -0.393 e. The molecule has 0 aliphatic carbocycles. The summed E-state index contributed by atoms with van der Waals surface area (Å²) in [5.74, 6) is 0. The Morgan fingerprint density at radius 1 is 0.952 bits per heavy atom. The van der Waals surface area contributed by atoms with Gasteiger partial charge in [0.1, 0.15) is 18.8 Å². The van der Waals surface area contributed by atoms with Gasteiger partial charge in [0.25, 0.3) is 0 Å². The Kier molecular flexibility index (Phi) is 10.4. The molecule has 0 aliphatic rings. The first kappa shape index (κ1) is 20.8. The van der Waals surface area contributed by atoms with Gasteiger partial charge in [-0.2, -0.15) is 0 Å². The summed E-state index contributed by atoms with van der Waals surface area (Å²) in [5, 5.41) is 28.9. The molecular formula is C15H34NO5+. The van der Waals surface area contributed by atoms with Crippen molar-refractivity contribution in [2.45, 2.75) is 51.1 Å². The van der Waals surface area contributed by atoms with Crippen molar-refractivity contribution in [3.8, 4) is 0 Å². The number of aliphatic hydroxyl groups excluding tert-OH is 3. The van der Waals surface area contributed by atoms with E-state index in [9.17, 15) is 15.3 Å². The number of likely N-dealkylation sites (N-methyl/N-ethyl adjacent to an activating group) is 1. The number of ether oxygens (including phenoxy) is 2. The average molecular weight is 308 g/mol. The minimum atomic E-state index is -0.718. The lowest BCUT2D eigenvalue weighted by molar-refractivity contribution is -0.873. The first-order valence-corrected chi connectivity index (χ1v) is 7.68. The van der Waals surface area contributed by atoms with Crippen LogP contribution in [0.5, 0.6) is 0 Å². The van der Waals surface area contributed by atoms with Crippen molar-refractivity contribution in [3.63, 3.8) is 0 Å². The fraction of sp³-hybridized carbons (Fsp3) is 1.00. The number of rotatable bonds is 12. The van der Waals surface area contributed by atoms with Gasteiger partial charge in [-0.25, -0.2) is 0 Å². The topological polar surface area (TPSA) is 79.2 Å². The molecule has 3 N–H and O–H groups in total. The maximum absolute atomic E-state index is 9.78. The Balaban J connectivity index is 3.77. The molecule has 0 bridgehead atoms. The van der Waals surface area contributed by atoms with Crippen LogP contribution in [-0.2, 0) is 9.47 Å². The lowest BCUT2D eigenvalue weighted by Crippen LogP contribution is -2.43. The van der Waals surface area contributed by atoms with Gasteiger partial charge in [-0.05, 0) is 19.8 Å². The second-order valence-electron chi connectivity index (χ2n) is 6.77. The van der Waals surface area contributed by atoms with Crippen molar-refractivity contribution in [2.24, 2.45) is 0 Å². The lowest BCUT2D eigenvalue weighted by atomic mass is 10.1. The van der Waals surface area contributed by atoms with E-state index in [1.165, 1.54) is 0 Å². The highest BCUT2D eigenvalue weighted by Crippen LogP contribution is 2.07. The predicted molar refractivity (Wildman–Crippen MR) is 82.1 cm³/mol. The second-order valence-corrected chi connectivity index (χ2v) is 6.77. The third kappa shape index (κ3) is 13.2. The third-order valence-corrected chi connectivity index (χ3v) is 2.96. The molecule has 0 saturated heterocycles. The molecule has 0 fully saturated rings. The summed E-state index contributed by atoms with van der Waals surface area (Å²) >= 11 is 0. The van der Waals surface area contributed by atoms with Gasteiger partial charge in [0.15, 0.2) is 0 Å². The summed E-state index contributed by atoms with van der Waals surface area (Å²) in [5.41, 5.74) is 0. The molecule has 128 valence electrons. The van der Waals surface area contributed by atoms with Crippen LogP contribution >= 0.6 is 0 Å². The Bertz CT molecular complexity index is 255. The van der Waals surface area contributed by atoms with E-state index in [0.717, 1.165) is 6.42 Å². The van der Waals surface area contributed by atoms with Crippen LogP contribution in [-0.4, -0.2) is 91.7 Å². The standard InChI is InChI=1S/C15H34NO5/c1-6-15(7-12(2)17)21-11-14(19)10-20-9-13(18)8-16(3,4)5/h12-15,17-19H,6-11H2,1-5H3/q+1. The number of quaternary nitrogens is 1. The third-order valence-electron chi connectivity index (χ3n) is 2.96. The molecule has 0 saturated carbocycles. The molecule has 0 rings (SSSR count). The predicted octanol–water partition coefficient (Wildman–Crippen LogP) is -0.00290. The molecule has 0 amide bonds. The van der Waals surface area contributed by atoms with Crippen LogP contribution in [0.25, 0.3) is 0 Å². The van der Waals surface area contributed by atoms with E-state index in [4.69, 9.17) is 9.47 Å². The van der Waals surface area contributed by atoms with Gasteiger partial charge in [0, 0.05) is 0 Å². The zero-order chi connectivity index (χ0) is 16.5.